The minimum atomic E-state index is -0.560. The summed E-state index contributed by atoms with van der Waals surface area (Å²) in [4.78, 5) is 0. The molecule has 0 spiro atoms. The number of aliphatic hydroxyl groups excluding tert-OH is 1. The number of nitrogens with one attached hydrogen (secondary N) is 1. The number of hydrogen-bond donors (Lipinski definition) is 2. The van der Waals surface area contributed by atoms with Crippen molar-refractivity contribution in [2.45, 2.75) is 26.5 Å². The number of ether oxygens (including phenoxy) is 1. The summed E-state index contributed by atoms with van der Waals surface area (Å²) in [5, 5.41) is 16.9. The number of aliphatic hydroxyl groups is 1. The monoisotopic (exact) mass is 276 g/mol. The van der Waals surface area contributed by atoms with E-state index in [1.807, 2.05) is 44.2 Å². The Morgan fingerprint density at radius 3 is 2.70 bits per heavy atom. The number of benzene rings is 1. The molecule has 0 amide bonds. The number of aryl methyl sites for hydroxylation is 2. The van der Waals surface area contributed by atoms with E-state index in [1.165, 1.54) is 0 Å². The predicted molar refractivity (Wildman–Crippen MR) is 75.6 cm³/mol. The van der Waals surface area contributed by atoms with Gasteiger partial charge in [-0.1, -0.05) is 23.4 Å². The van der Waals surface area contributed by atoms with Crippen LogP contribution < -0.4 is 10.1 Å². The number of aromatic nitrogens is 1. The third kappa shape index (κ3) is 4.08. The number of rotatable bonds is 7. The van der Waals surface area contributed by atoms with E-state index in [-0.39, 0.29) is 6.61 Å². The van der Waals surface area contributed by atoms with Crippen molar-refractivity contribution in [2.75, 3.05) is 13.2 Å². The second-order valence-corrected chi connectivity index (χ2v) is 4.71. The molecule has 108 valence electrons. The first-order chi connectivity index (χ1) is 9.66. The van der Waals surface area contributed by atoms with Gasteiger partial charge in [0.1, 0.15) is 24.2 Å². The van der Waals surface area contributed by atoms with Crippen LogP contribution in [0.15, 0.2) is 34.9 Å². The highest BCUT2D eigenvalue weighted by Gasteiger charge is 2.10. The van der Waals surface area contributed by atoms with Crippen LogP contribution in [0, 0.1) is 13.8 Å². The van der Waals surface area contributed by atoms with Crippen LogP contribution in [0.25, 0.3) is 0 Å². The van der Waals surface area contributed by atoms with Gasteiger partial charge in [0.15, 0.2) is 0 Å². The van der Waals surface area contributed by atoms with E-state index in [9.17, 15) is 5.11 Å². The van der Waals surface area contributed by atoms with Gasteiger partial charge in [0.05, 0.1) is 5.69 Å². The second-order valence-electron chi connectivity index (χ2n) is 4.71. The number of para-hydroxylation sites is 1. The Morgan fingerprint density at radius 1 is 1.30 bits per heavy atom. The Hall–Kier alpha value is -1.85. The predicted octanol–water partition coefficient (Wildman–Crippen LogP) is 1.82. The fourth-order valence-electron chi connectivity index (χ4n) is 1.89. The highest BCUT2D eigenvalue weighted by atomic mass is 16.5. The fourth-order valence-corrected chi connectivity index (χ4v) is 1.89. The van der Waals surface area contributed by atoms with Crippen molar-refractivity contribution in [3.8, 4) is 5.75 Å². The van der Waals surface area contributed by atoms with Gasteiger partial charge < -0.3 is 19.7 Å². The van der Waals surface area contributed by atoms with E-state index in [2.05, 4.69) is 10.5 Å². The first kappa shape index (κ1) is 14.6. The van der Waals surface area contributed by atoms with E-state index >= 15 is 0 Å². The zero-order valence-electron chi connectivity index (χ0n) is 11.8. The lowest BCUT2D eigenvalue weighted by atomic mass is 10.2. The van der Waals surface area contributed by atoms with Gasteiger partial charge in [-0.2, -0.15) is 0 Å². The lowest BCUT2D eigenvalue weighted by Gasteiger charge is -2.13. The van der Waals surface area contributed by atoms with Crippen LogP contribution in [0.4, 0.5) is 0 Å². The summed E-state index contributed by atoms with van der Waals surface area (Å²) >= 11 is 0. The van der Waals surface area contributed by atoms with Crippen LogP contribution in [-0.4, -0.2) is 29.5 Å². The molecule has 2 rings (SSSR count). The summed E-state index contributed by atoms with van der Waals surface area (Å²) in [6.07, 6.45) is -0.560. The summed E-state index contributed by atoms with van der Waals surface area (Å²) in [6.45, 7) is 5.13. The van der Waals surface area contributed by atoms with Gasteiger partial charge in [0.25, 0.3) is 0 Å². The van der Waals surface area contributed by atoms with Crippen molar-refractivity contribution in [3.63, 3.8) is 0 Å². The molecule has 5 nitrogen and oxygen atoms in total. The Kier molecular flexibility index (Phi) is 5.15. The van der Waals surface area contributed by atoms with Gasteiger partial charge in [0.2, 0.25) is 0 Å². The molecule has 0 aliphatic rings. The molecule has 0 aliphatic carbocycles. The summed E-state index contributed by atoms with van der Waals surface area (Å²) in [5.41, 5.74) is 1.92. The molecule has 0 aliphatic heterocycles. The van der Waals surface area contributed by atoms with E-state index in [4.69, 9.17) is 9.26 Å². The van der Waals surface area contributed by atoms with Gasteiger partial charge in [-0.25, -0.2) is 0 Å². The average Bonchev–Trinajstić information content (AvgIpc) is 2.78. The summed E-state index contributed by atoms with van der Waals surface area (Å²) in [6, 6.07) is 9.46. The first-order valence-corrected chi connectivity index (χ1v) is 6.65. The first-order valence-electron chi connectivity index (χ1n) is 6.65. The molecular formula is C15H20N2O3. The molecule has 1 aromatic carbocycles. The van der Waals surface area contributed by atoms with E-state index in [0.29, 0.717) is 13.1 Å². The smallest absolute Gasteiger partial charge is 0.138 e. The standard InChI is InChI=1S/C15H20N2O3/c1-11-15(12(2)20-17-11)9-16-8-13(18)10-19-14-6-4-3-5-7-14/h3-7,13,16,18H,8-10H2,1-2H3. The maximum absolute atomic E-state index is 9.85. The van der Waals surface area contributed by atoms with E-state index in [0.717, 1.165) is 22.8 Å². The van der Waals surface area contributed by atoms with Crippen molar-refractivity contribution in [1.29, 1.82) is 0 Å². The van der Waals surface area contributed by atoms with Crippen LogP contribution in [-0.2, 0) is 6.54 Å². The zero-order chi connectivity index (χ0) is 14.4. The normalized spacial score (nSPS) is 12.3. The Balaban J connectivity index is 1.69. The van der Waals surface area contributed by atoms with Crippen LogP contribution in [0.3, 0.4) is 0 Å². The second kappa shape index (κ2) is 7.07. The minimum Gasteiger partial charge on any atom is -0.491 e. The summed E-state index contributed by atoms with van der Waals surface area (Å²) < 4.78 is 10.6. The highest BCUT2D eigenvalue weighted by Crippen LogP contribution is 2.11. The molecule has 0 saturated carbocycles. The van der Waals surface area contributed by atoms with Crippen LogP contribution in [0.2, 0.25) is 0 Å². The Morgan fingerprint density at radius 2 is 2.05 bits per heavy atom. The maximum atomic E-state index is 9.85. The molecule has 0 radical (unpaired) electrons. The van der Waals surface area contributed by atoms with Gasteiger partial charge in [-0.3, -0.25) is 0 Å². The Labute approximate surface area is 118 Å². The molecule has 0 saturated heterocycles. The highest BCUT2D eigenvalue weighted by molar-refractivity contribution is 5.21. The van der Waals surface area contributed by atoms with Gasteiger partial charge >= 0.3 is 0 Å². The van der Waals surface area contributed by atoms with Crippen LogP contribution >= 0.6 is 0 Å². The fraction of sp³-hybridized carbons (Fsp3) is 0.400. The topological polar surface area (TPSA) is 67.5 Å². The summed E-state index contributed by atoms with van der Waals surface area (Å²) in [7, 11) is 0. The number of nitrogens with zero attached hydrogens (tertiary/aromatic N) is 1. The minimum absolute atomic E-state index is 0.263. The van der Waals surface area contributed by atoms with Crippen LogP contribution in [0.5, 0.6) is 5.75 Å². The third-order valence-electron chi connectivity index (χ3n) is 3.05. The van der Waals surface area contributed by atoms with Gasteiger partial charge in [-0.15, -0.1) is 0 Å². The van der Waals surface area contributed by atoms with E-state index in [1.54, 1.807) is 0 Å². The molecule has 1 unspecified atom stereocenters. The van der Waals surface area contributed by atoms with E-state index < -0.39 is 6.10 Å². The molecule has 2 N–H and O–H groups in total. The largest absolute Gasteiger partial charge is 0.491 e. The van der Waals surface area contributed by atoms with Crippen molar-refractivity contribution in [3.05, 3.63) is 47.3 Å². The zero-order valence-corrected chi connectivity index (χ0v) is 11.8. The lowest BCUT2D eigenvalue weighted by Crippen LogP contribution is -2.31. The molecule has 1 aromatic heterocycles. The maximum Gasteiger partial charge on any atom is 0.138 e. The molecule has 2 aromatic rings. The molecule has 1 atom stereocenters. The molecule has 0 bridgehead atoms. The van der Waals surface area contributed by atoms with Crippen molar-refractivity contribution in [1.82, 2.24) is 10.5 Å². The molecule has 5 heteroatoms. The number of hydrogen-bond acceptors (Lipinski definition) is 5. The average molecular weight is 276 g/mol. The molecular weight excluding hydrogens is 256 g/mol. The van der Waals surface area contributed by atoms with Crippen molar-refractivity contribution in [2.24, 2.45) is 0 Å². The third-order valence-corrected chi connectivity index (χ3v) is 3.05. The van der Waals surface area contributed by atoms with Crippen molar-refractivity contribution >= 4 is 0 Å². The lowest BCUT2D eigenvalue weighted by molar-refractivity contribution is 0.106. The van der Waals surface area contributed by atoms with Gasteiger partial charge in [0, 0.05) is 18.7 Å². The molecule has 0 fully saturated rings. The van der Waals surface area contributed by atoms with Crippen molar-refractivity contribution < 1.29 is 14.4 Å². The SMILES string of the molecule is Cc1noc(C)c1CNCC(O)COc1ccccc1. The summed E-state index contributed by atoms with van der Waals surface area (Å²) in [5.74, 6) is 1.57. The quantitative estimate of drug-likeness (QED) is 0.807. The van der Waals surface area contributed by atoms with Crippen LogP contribution in [0.1, 0.15) is 17.0 Å². The molecule has 1 heterocycles. The van der Waals surface area contributed by atoms with Gasteiger partial charge in [-0.05, 0) is 26.0 Å². The Bertz CT molecular complexity index is 506. The molecule has 20 heavy (non-hydrogen) atoms.